The summed E-state index contributed by atoms with van der Waals surface area (Å²) in [5.74, 6) is 0.218. The fourth-order valence-corrected chi connectivity index (χ4v) is 4.06. The topological polar surface area (TPSA) is 71.2 Å². The van der Waals surface area contributed by atoms with Crippen LogP contribution in [0.15, 0.2) is 40.0 Å². The van der Waals surface area contributed by atoms with Crippen molar-refractivity contribution in [2.75, 3.05) is 7.11 Å². The molecule has 2 rings (SSSR count). The van der Waals surface area contributed by atoms with Gasteiger partial charge in [0.05, 0.1) is 11.6 Å². The van der Waals surface area contributed by atoms with Crippen LogP contribution in [0, 0.1) is 0 Å². The first-order valence-corrected chi connectivity index (χ1v) is 8.24. The highest BCUT2D eigenvalue weighted by Gasteiger charge is 2.22. The Bertz CT molecular complexity index is 702. The van der Waals surface area contributed by atoms with Crippen molar-refractivity contribution in [3.63, 3.8) is 0 Å². The van der Waals surface area contributed by atoms with E-state index in [0.717, 1.165) is 5.56 Å². The molecule has 1 heterocycles. The zero-order valence-electron chi connectivity index (χ0n) is 10.5. The van der Waals surface area contributed by atoms with Crippen molar-refractivity contribution >= 4 is 37.6 Å². The van der Waals surface area contributed by atoms with E-state index in [1.54, 1.807) is 24.5 Å². The number of sulfonamides is 1. The summed E-state index contributed by atoms with van der Waals surface area (Å²) in [6.45, 7) is 0.180. The van der Waals surface area contributed by atoms with Gasteiger partial charge in [0.2, 0.25) is 10.0 Å². The number of hydrogen-bond acceptors (Lipinski definition) is 3. The van der Waals surface area contributed by atoms with E-state index in [0.29, 0.717) is 9.50 Å². The van der Waals surface area contributed by atoms with Gasteiger partial charge in [0.15, 0.2) is 5.75 Å². The number of benzene rings is 1. The molecule has 0 aliphatic carbocycles. The average molecular weight is 380 g/mol. The summed E-state index contributed by atoms with van der Waals surface area (Å²) in [5.41, 5.74) is 0.827. The van der Waals surface area contributed by atoms with Gasteiger partial charge in [-0.05, 0) is 39.7 Å². The van der Waals surface area contributed by atoms with Crippen molar-refractivity contribution in [2.45, 2.75) is 11.4 Å². The first-order chi connectivity index (χ1) is 9.44. The van der Waals surface area contributed by atoms with Crippen molar-refractivity contribution in [1.29, 1.82) is 0 Å². The summed E-state index contributed by atoms with van der Waals surface area (Å²) in [6, 6.07) is 4.71. The van der Waals surface area contributed by atoms with Crippen molar-refractivity contribution in [3.05, 3.63) is 45.7 Å². The minimum absolute atomic E-state index is 0.00471. The zero-order chi connectivity index (χ0) is 14.8. The number of nitrogens with one attached hydrogen (secondary N) is 2. The van der Waals surface area contributed by atoms with Gasteiger partial charge in [0.1, 0.15) is 4.90 Å². The van der Waals surface area contributed by atoms with E-state index in [9.17, 15) is 8.42 Å². The molecule has 0 saturated carbocycles. The molecule has 0 spiro atoms. The van der Waals surface area contributed by atoms with E-state index in [-0.39, 0.29) is 17.2 Å². The SMILES string of the molecule is COc1c(Br)cc(Cl)cc1S(=O)(=O)NCc1cc[nH]c1. The molecule has 20 heavy (non-hydrogen) atoms. The predicted molar refractivity (Wildman–Crippen MR) is 80.5 cm³/mol. The van der Waals surface area contributed by atoms with Gasteiger partial charge in [-0.2, -0.15) is 0 Å². The highest BCUT2D eigenvalue weighted by Crippen LogP contribution is 2.35. The first-order valence-electron chi connectivity index (χ1n) is 5.58. The second-order valence-electron chi connectivity index (χ2n) is 3.96. The quantitative estimate of drug-likeness (QED) is 0.839. The molecular formula is C12H12BrClN2O3S. The van der Waals surface area contributed by atoms with Crippen molar-refractivity contribution in [3.8, 4) is 5.75 Å². The first kappa shape index (κ1) is 15.4. The predicted octanol–water partition coefficient (Wildman–Crippen LogP) is 2.92. The number of ether oxygens (including phenoxy) is 1. The Balaban J connectivity index is 2.33. The third-order valence-corrected chi connectivity index (χ3v) is 4.81. The van der Waals surface area contributed by atoms with Crippen LogP contribution >= 0.6 is 27.5 Å². The number of methoxy groups -OCH3 is 1. The van der Waals surface area contributed by atoms with Crippen LogP contribution in [0.2, 0.25) is 5.02 Å². The van der Waals surface area contributed by atoms with Crippen molar-refractivity contribution in [1.82, 2.24) is 9.71 Å². The van der Waals surface area contributed by atoms with E-state index < -0.39 is 10.0 Å². The molecule has 0 fully saturated rings. The van der Waals surface area contributed by atoms with Gasteiger partial charge in [-0.15, -0.1) is 0 Å². The molecule has 2 aromatic rings. The highest BCUT2D eigenvalue weighted by molar-refractivity contribution is 9.10. The summed E-state index contributed by atoms with van der Waals surface area (Å²) in [6.07, 6.45) is 3.44. The Morgan fingerprint density at radius 3 is 2.80 bits per heavy atom. The lowest BCUT2D eigenvalue weighted by Crippen LogP contribution is -2.23. The zero-order valence-corrected chi connectivity index (χ0v) is 13.6. The summed E-state index contributed by atoms with van der Waals surface area (Å²) in [5, 5.41) is 0.305. The molecular weight excluding hydrogens is 368 g/mol. The summed E-state index contributed by atoms with van der Waals surface area (Å²) >= 11 is 9.14. The number of aromatic nitrogens is 1. The van der Waals surface area contributed by atoms with Crippen LogP contribution in [0.25, 0.3) is 0 Å². The fourth-order valence-electron chi connectivity index (χ4n) is 1.66. The monoisotopic (exact) mass is 378 g/mol. The van der Waals surface area contributed by atoms with Crippen LogP contribution in [-0.4, -0.2) is 20.5 Å². The number of aromatic amines is 1. The maximum Gasteiger partial charge on any atom is 0.244 e. The Hall–Kier alpha value is -1.02. The molecule has 0 radical (unpaired) electrons. The molecule has 1 aromatic heterocycles. The van der Waals surface area contributed by atoms with Gasteiger partial charge in [-0.25, -0.2) is 13.1 Å². The van der Waals surface area contributed by atoms with Crippen LogP contribution in [0.4, 0.5) is 0 Å². The Morgan fingerprint density at radius 1 is 1.45 bits per heavy atom. The molecule has 0 aliphatic rings. The lowest BCUT2D eigenvalue weighted by Gasteiger charge is -2.12. The second kappa shape index (κ2) is 6.17. The number of rotatable bonds is 5. The van der Waals surface area contributed by atoms with E-state index in [1.165, 1.54) is 13.2 Å². The van der Waals surface area contributed by atoms with Gasteiger partial charge < -0.3 is 9.72 Å². The van der Waals surface area contributed by atoms with Crippen LogP contribution in [-0.2, 0) is 16.6 Å². The average Bonchev–Trinajstić information content (AvgIpc) is 2.89. The van der Waals surface area contributed by atoms with Crippen molar-refractivity contribution < 1.29 is 13.2 Å². The van der Waals surface area contributed by atoms with Crippen LogP contribution in [0.3, 0.4) is 0 Å². The lowest BCUT2D eigenvalue weighted by molar-refractivity contribution is 0.399. The third-order valence-electron chi connectivity index (χ3n) is 2.60. The van der Waals surface area contributed by atoms with Gasteiger partial charge in [-0.3, -0.25) is 0 Å². The molecule has 0 unspecified atom stereocenters. The number of H-pyrrole nitrogens is 1. The summed E-state index contributed by atoms with van der Waals surface area (Å²) in [7, 11) is -2.33. The normalized spacial score (nSPS) is 11.6. The molecule has 0 saturated heterocycles. The van der Waals surface area contributed by atoms with Crippen molar-refractivity contribution in [2.24, 2.45) is 0 Å². The van der Waals surface area contributed by atoms with E-state index in [1.807, 2.05) is 0 Å². The molecule has 0 aliphatic heterocycles. The van der Waals surface area contributed by atoms with Gasteiger partial charge in [0, 0.05) is 24.0 Å². The Labute approximate surface area is 130 Å². The van der Waals surface area contributed by atoms with E-state index in [4.69, 9.17) is 16.3 Å². The Kier molecular flexibility index (Phi) is 4.74. The number of halogens is 2. The van der Waals surface area contributed by atoms with Crippen LogP contribution in [0.5, 0.6) is 5.75 Å². The van der Waals surface area contributed by atoms with Crippen LogP contribution < -0.4 is 9.46 Å². The maximum absolute atomic E-state index is 12.3. The molecule has 5 nitrogen and oxygen atoms in total. The summed E-state index contributed by atoms with van der Waals surface area (Å²) in [4.78, 5) is 2.85. The lowest BCUT2D eigenvalue weighted by atomic mass is 10.3. The standard InChI is InChI=1S/C12H12BrClN2O3S/c1-19-12-10(13)4-9(14)5-11(12)20(17,18)16-7-8-2-3-15-6-8/h2-6,15-16H,7H2,1H3. The second-order valence-corrected chi connectivity index (χ2v) is 6.99. The Morgan fingerprint density at radius 2 is 2.20 bits per heavy atom. The molecule has 108 valence electrons. The molecule has 0 atom stereocenters. The van der Waals surface area contributed by atoms with E-state index >= 15 is 0 Å². The molecule has 0 bridgehead atoms. The smallest absolute Gasteiger partial charge is 0.244 e. The molecule has 2 N–H and O–H groups in total. The molecule has 1 aromatic carbocycles. The fraction of sp³-hybridized carbons (Fsp3) is 0.167. The van der Waals surface area contributed by atoms with E-state index in [2.05, 4.69) is 25.6 Å². The minimum Gasteiger partial charge on any atom is -0.494 e. The molecule has 8 heteroatoms. The minimum atomic E-state index is -3.73. The van der Waals surface area contributed by atoms with Gasteiger partial charge >= 0.3 is 0 Å². The third kappa shape index (κ3) is 3.35. The van der Waals surface area contributed by atoms with Gasteiger partial charge in [-0.1, -0.05) is 11.6 Å². The number of hydrogen-bond donors (Lipinski definition) is 2. The van der Waals surface area contributed by atoms with Crippen LogP contribution in [0.1, 0.15) is 5.56 Å². The highest BCUT2D eigenvalue weighted by atomic mass is 79.9. The van der Waals surface area contributed by atoms with Gasteiger partial charge in [0.25, 0.3) is 0 Å². The molecule has 0 amide bonds. The summed E-state index contributed by atoms with van der Waals surface area (Å²) < 4.78 is 32.8. The largest absolute Gasteiger partial charge is 0.494 e. The maximum atomic E-state index is 12.3.